The summed E-state index contributed by atoms with van der Waals surface area (Å²) in [5.74, 6) is -1.10. The standard InChI is InChI=1S/C9H8N2O3/c1-10-7(8(12)13)6-4-2-3-5-11(6)9(10)14/h2-5H,1H3,(H,12,13). The molecule has 1 N–H and O–H groups in total. The molecule has 5 nitrogen and oxygen atoms in total. The van der Waals surface area contributed by atoms with Gasteiger partial charge in [0.05, 0.1) is 5.52 Å². The normalized spacial score (nSPS) is 10.6. The number of pyridine rings is 1. The van der Waals surface area contributed by atoms with Crippen molar-refractivity contribution in [3.8, 4) is 0 Å². The molecule has 0 saturated carbocycles. The molecular weight excluding hydrogens is 184 g/mol. The van der Waals surface area contributed by atoms with Crippen LogP contribution in [0.5, 0.6) is 0 Å². The van der Waals surface area contributed by atoms with Crippen LogP contribution < -0.4 is 5.69 Å². The summed E-state index contributed by atoms with van der Waals surface area (Å²) < 4.78 is 2.43. The third-order valence-corrected chi connectivity index (χ3v) is 2.13. The Morgan fingerprint density at radius 3 is 2.79 bits per heavy atom. The van der Waals surface area contributed by atoms with Crippen LogP contribution in [0.1, 0.15) is 10.5 Å². The Labute approximate surface area is 78.8 Å². The monoisotopic (exact) mass is 192 g/mol. The summed E-state index contributed by atoms with van der Waals surface area (Å²) in [4.78, 5) is 22.4. The Balaban J connectivity index is 3.03. The molecule has 2 aromatic rings. The van der Waals surface area contributed by atoms with Crippen molar-refractivity contribution in [1.29, 1.82) is 0 Å². The Hall–Kier alpha value is -2.04. The maximum Gasteiger partial charge on any atom is 0.354 e. The zero-order valence-electron chi connectivity index (χ0n) is 7.47. The lowest BCUT2D eigenvalue weighted by molar-refractivity contribution is 0.0688. The van der Waals surface area contributed by atoms with Crippen molar-refractivity contribution in [3.05, 3.63) is 40.6 Å². The molecule has 2 heterocycles. The molecule has 2 rings (SSSR count). The predicted octanol–water partition coefficient (Wildman–Crippen LogP) is 0.336. The summed E-state index contributed by atoms with van der Waals surface area (Å²) in [6.45, 7) is 0. The van der Waals surface area contributed by atoms with Gasteiger partial charge in [-0.2, -0.15) is 0 Å². The van der Waals surface area contributed by atoms with Gasteiger partial charge in [-0.3, -0.25) is 8.97 Å². The van der Waals surface area contributed by atoms with Gasteiger partial charge in [0.15, 0.2) is 5.69 Å². The molecule has 5 heteroatoms. The average molecular weight is 192 g/mol. The van der Waals surface area contributed by atoms with E-state index in [0.29, 0.717) is 5.52 Å². The molecule has 0 radical (unpaired) electrons. The molecule has 0 aliphatic carbocycles. The van der Waals surface area contributed by atoms with Crippen molar-refractivity contribution in [2.75, 3.05) is 0 Å². The molecule has 0 atom stereocenters. The van der Waals surface area contributed by atoms with Crippen LogP contribution in [-0.2, 0) is 7.05 Å². The first-order valence-corrected chi connectivity index (χ1v) is 4.02. The van der Waals surface area contributed by atoms with Gasteiger partial charge in [-0.05, 0) is 12.1 Å². The van der Waals surface area contributed by atoms with Crippen molar-refractivity contribution in [3.63, 3.8) is 0 Å². The highest BCUT2D eigenvalue weighted by Gasteiger charge is 2.16. The van der Waals surface area contributed by atoms with Crippen LogP contribution >= 0.6 is 0 Å². The lowest BCUT2D eigenvalue weighted by atomic mass is 10.3. The SMILES string of the molecule is Cn1c(C(=O)O)c2ccccn2c1=O. The van der Waals surface area contributed by atoms with Crippen LogP contribution in [-0.4, -0.2) is 20.0 Å². The highest BCUT2D eigenvalue weighted by molar-refractivity contribution is 5.93. The van der Waals surface area contributed by atoms with Crippen LogP contribution in [0.25, 0.3) is 5.52 Å². The van der Waals surface area contributed by atoms with Crippen LogP contribution in [0.15, 0.2) is 29.2 Å². The predicted molar refractivity (Wildman–Crippen MR) is 49.6 cm³/mol. The van der Waals surface area contributed by atoms with E-state index in [-0.39, 0.29) is 11.4 Å². The van der Waals surface area contributed by atoms with Crippen molar-refractivity contribution >= 4 is 11.5 Å². The summed E-state index contributed by atoms with van der Waals surface area (Å²) in [6.07, 6.45) is 1.55. The number of carboxylic acids is 1. The van der Waals surface area contributed by atoms with Gasteiger partial charge < -0.3 is 5.11 Å². The van der Waals surface area contributed by atoms with E-state index in [9.17, 15) is 9.59 Å². The van der Waals surface area contributed by atoms with E-state index in [1.54, 1.807) is 24.4 Å². The van der Waals surface area contributed by atoms with Crippen LogP contribution in [0, 0.1) is 0 Å². The highest BCUT2D eigenvalue weighted by Crippen LogP contribution is 2.07. The summed E-state index contributed by atoms with van der Waals surface area (Å²) >= 11 is 0. The quantitative estimate of drug-likeness (QED) is 0.708. The van der Waals surface area contributed by atoms with Gasteiger partial charge >= 0.3 is 11.7 Å². The Bertz CT molecular complexity index is 565. The molecular formula is C9H8N2O3. The number of imidazole rings is 1. The number of rotatable bonds is 1. The second kappa shape index (κ2) is 2.73. The number of hydrogen-bond acceptors (Lipinski definition) is 2. The number of fused-ring (bicyclic) bond motifs is 1. The molecule has 2 aromatic heterocycles. The van der Waals surface area contributed by atoms with Gasteiger partial charge in [-0.1, -0.05) is 6.07 Å². The summed E-state index contributed by atoms with van der Waals surface area (Å²) in [6, 6.07) is 4.98. The van der Waals surface area contributed by atoms with E-state index in [4.69, 9.17) is 5.11 Å². The first kappa shape index (κ1) is 8.55. The minimum Gasteiger partial charge on any atom is -0.477 e. The molecule has 14 heavy (non-hydrogen) atoms. The molecule has 0 aliphatic rings. The number of aromatic nitrogens is 2. The number of carbonyl (C=O) groups is 1. The minimum atomic E-state index is -1.10. The Kier molecular flexibility index (Phi) is 1.67. The van der Waals surface area contributed by atoms with Crippen molar-refractivity contribution in [1.82, 2.24) is 8.97 Å². The second-order valence-corrected chi connectivity index (χ2v) is 2.95. The molecule has 0 unspecified atom stereocenters. The van der Waals surface area contributed by atoms with Gasteiger partial charge in [-0.25, -0.2) is 9.59 Å². The topological polar surface area (TPSA) is 63.7 Å². The molecule has 0 aliphatic heterocycles. The average Bonchev–Trinajstić information content (AvgIpc) is 2.41. The third kappa shape index (κ3) is 0.953. The van der Waals surface area contributed by atoms with Gasteiger partial charge in [0.2, 0.25) is 0 Å². The van der Waals surface area contributed by atoms with E-state index < -0.39 is 5.97 Å². The van der Waals surface area contributed by atoms with E-state index >= 15 is 0 Å². The zero-order chi connectivity index (χ0) is 10.3. The summed E-state index contributed by atoms with van der Waals surface area (Å²) in [5.41, 5.74) is 0.0705. The number of aromatic carboxylic acids is 1. The molecule has 0 fully saturated rings. The van der Waals surface area contributed by atoms with Crippen molar-refractivity contribution in [2.45, 2.75) is 0 Å². The van der Waals surface area contributed by atoms with E-state index in [2.05, 4.69) is 0 Å². The third-order valence-electron chi connectivity index (χ3n) is 2.13. The fourth-order valence-electron chi connectivity index (χ4n) is 1.48. The molecule has 0 amide bonds. The molecule has 0 saturated heterocycles. The van der Waals surface area contributed by atoms with E-state index in [1.165, 1.54) is 11.4 Å². The van der Waals surface area contributed by atoms with Crippen LogP contribution in [0.2, 0.25) is 0 Å². The maximum absolute atomic E-state index is 11.5. The Morgan fingerprint density at radius 1 is 1.43 bits per heavy atom. The number of carboxylic acid groups (broad SMARTS) is 1. The van der Waals surface area contributed by atoms with Gasteiger partial charge in [0.25, 0.3) is 0 Å². The second-order valence-electron chi connectivity index (χ2n) is 2.95. The highest BCUT2D eigenvalue weighted by atomic mass is 16.4. The lowest BCUT2D eigenvalue weighted by Gasteiger charge is -1.93. The largest absolute Gasteiger partial charge is 0.477 e. The van der Waals surface area contributed by atoms with Crippen molar-refractivity contribution in [2.24, 2.45) is 7.05 Å². The smallest absolute Gasteiger partial charge is 0.354 e. The summed E-state index contributed by atoms with van der Waals surface area (Å²) in [7, 11) is 1.44. The van der Waals surface area contributed by atoms with Gasteiger partial charge in [0.1, 0.15) is 0 Å². The molecule has 72 valence electrons. The first-order chi connectivity index (χ1) is 6.63. The van der Waals surface area contributed by atoms with E-state index in [1.807, 2.05) is 0 Å². The van der Waals surface area contributed by atoms with Crippen LogP contribution in [0.3, 0.4) is 0 Å². The lowest BCUT2D eigenvalue weighted by Crippen LogP contribution is -2.19. The summed E-state index contributed by atoms with van der Waals surface area (Å²) in [5, 5.41) is 8.90. The molecule has 0 spiro atoms. The first-order valence-electron chi connectivity index (χ1n) is 4.02. The molecule has 0 bridgehead atoms. The fourth-order valence-corrected chi connectivity index (χ4v) is 1.48. The van der Waals surface area contributed by atoms with E-state index in [0.717, 1.165) is 4.57 Å². The van der Waals surface area contributed by atoms with Gasteiger partial charge in [-0.15, -0.1) is 0 Å². The fraction of sp³-hybridized carbons (Fsp3) is 0.111. The van der Waals surface area contributed by atoms with Crippen molar-refractivity contribution < 1.29 is 9.90 Å². The Morgan fingerprint density at radius 2 is 2.14 bits per heavy atom. The zero-order valence-corrected chi connectivity index (χ0v) is 7.47. The minimum absolute atomic E-state index is 0.00981. The molecule has 0 aromatic carbocycles. The van der Waals surface area contributed by atoms with Gasteiger partial charge in [0, 0.05) is 13.2 Å². The van der Waals surface area contributed by atoms with Crippen LogP contribution in [0.4, 0.5) is 0 Å². The number of nitrogens with zero attached hydrogens (tertiary/aromatic N) is 2. The maximum atomic E-state index is 11.5. The number of hydrogen-bond donors (Lipinski definition) is 1.